The summed E-state index contributed by atoms with van der Waals surface area (Å²) in [5.41, 5.74) is -1.85. The predicted molar refractivity (Wildman–Crippen MR) is 56.6 cm³/mol. The Hall–Kier alpha value is -0.393. The molecular weight excluding hydrogens is 200 g/mol. The molecule has 0 saturated heterocycles. The van der Waals surface area contributed by atoms with Gasteiger partial charge in [-0.05, 0) is 13.8 Å². The molecule has 0 heterocycles. The minimum absolute atomic E-state index is 0.801. The second kappa shape index (κ2) is 3.64. The highest BCUT2D eigenvalue weighted by Gasteiger charge is 2.56. The fraction of sp³-hybridized carbons (Fsp3) is 0.889. The maximum Gasteiger partial charge on any atom is 0.340 e. The van der Waals surface area contributed by atoms with E-state index in [1.807, 2.05) is 19.6 Å². The number of aliphatic hydroxyl groups is 2. The van der Waals surface area contributed by atoms with Gasteiger partial charge in [-0.15, -0.1) is 0 Å². The molecule has 0 aromatic carbocycles. The zero-order valence-electron chi connectivity index (χ0n) is 9.71. The Morgan fingerprint density at radius 3 is 1.79 bits per heavy atom. The molecule has 0 amide bonds. The van der Waals surface area contributed by atoms with Gasteiger partial charge in [0, 0.05) is 0 Å². The van der Waals surface area contributed by atoms with Crippen LogP contribution in [0.2, 0.25) is 19.6 Å². The van der Waals surface area contributed by atoms with Crippen molar-refractivity contribution in [1.29, 1.82) is 0 Å². The largest absolute Gasteiger partial charge is 0.467 e. The van der Waals surface area contributed by atoms with Gasteiger partial charge in [-0.1, -0.05) is 19.6 Å². The van der Waals surface area contributed by atoms with Crippen molar-refractivity contribution >= 4 is 14.0 Å². The first-order chi connectivity index (χ1) is 5.98. The van der Waals surface area contributed by atoms with Crippen LogP contribution in [0.3, 0.4) is 0 Å². The third kappa shape index (κ3) is 1.99. The summed E-state index contributed by atoms with van der Waals surface area (Å²) in [6.07, 6.45) is 0. The first-order valence-corrected chi connectivity index (χ1v) is 8.01. The highest BCUT2D eigenvalue weighted by Crippen LogP contribution is 2.32. The average molecular weight is 220 g/mol. The molecule has 0 aromatic rings. The Labute approximate surface area is 85.9 Å². The van der Waals surface area contributed by atoms with Crippen LogP contribution >= 0.6 is 0 Å². The molecule has 0 saturated carbocycles. The lowest BCUT2D eigenvalue weighted by Gasteiger charge is -2.44. The average Bonchev–Trinajstić information content (AvgIpc) is 2.00. The first-order valence-electron chi connectivity index (χ1n) is 4.51. The zero-order chi connectivity index (χ0) is 11.8. The summed E-state index contributed by atoms with van der Waals surface area (Å²) in [7, 11) is -0.903. The molecule has 84 valence electrons. The van der Waals surface area contributed by atoms with E-state index in [1.165, 1.54) is 21.0 Å². The fourth-order valence-electron chi connectivity index (χ4n) is 1.13. The maximum absolute atomic E-state index is 11.3. The van der Waals surface area contributed by atoms with Gasteiger partial charge in [0.15, 0.2) is 5.60 Å². The lowest BCUT2D eigenvalue weighted by atomic mass is 10.0. The molecule has 4 nitrogen and oxygen atoms in total. The van der Waals surface area contributed by atoms with Crippen LogP contribution in [0.4, 0.5) is 0 Å². The topological polar surface area (TPSA) is 66.8 Å². The quantitative estimate of drug-likeness (QED) is 0.538. The van der Waals surface area contributed by atoms with Crippen molar-refractivity contribution in [3.05, 3.63) is 0 Å². The van der Waals surface area contributed by atoms with Gasteiger partial charge in [-0.25, -0.2) is 4.79 Å². The summed E-state index contributed by atoms with van der Waals surface area (Å²) in [6.45, 7) is 8.41. The van der Waals surface area contributed by atoms with Gasteiger partial charge < -0.3 is 14.9 Å². The van der Waals surface area contributed by atoms with Gasteiger partial charge in [0.1, 0.15) is 0 Å². The number of carbonyl (C=O) groups is 1. The van der Waals surface area contributed by atoms with E-state index in [0.717, 1.165) is 0 Å². The number of carbonyl (C=O) groups excluding carboxylic acids is 1. The standard InChI is InChI=1S/C9H20O4Si/c1-8(11,7(10)13-3)9(2,12)14(4,5)6/h11-12H,1-6H3/t8-,9-/m1/s1. The molecule has 0 rings (SSSR count). The number of methoxy groups -OCH3 is 1. The summed E-state index contributed by atoms with van der Waals surface area (Å²) < 4.78 is 4.47. The van der Waals surface area contributed by atoms with Crippen LogP contribution < -0.4 is 0 Å². The molecule has 14 heavy (non-hydrogen) atoms. The van der Waals surface area contributed by atoms with Crippen molar-refractivity contribution < 1.29 is 19.7 Å². The molecule has 5 heteroatoms. The number of esters is 1. The third-order valence-electron chi connectivity index (χ3n) is 2.99. The Bertz CT molecular complexity index is 227. The van der Waals surface area contributed by atoms with Crippen LogP contribution in [-0.4, -0.2) is 42.2 Å². The van der Waals surface area contributed by atoms with Crippen LogP contribution in [0.5, 0.6) is 0 Å². The molecule has 0 fully saturated rings. The number of hydrogen-bond donors (Lipinski definition) is 2. The van der Waals surface area contributed by atoms with E-state index in [-0.39, 0.29) is 0 Å². The van der Waals surface area contributed by atoms with Crippen LogP contribution in [-0.2, 0) is 9.53 Å². The van der Waals surface area contributed by atoms with Crippen LogP contribution in [0.25, 0.3) is 0 Å². The monoisotopic (exact) mass is 220 g/mol. The lowest BCUT2D eigenvalue weighted by molar-refractivity contribution is -0.177. The van der Waals surface area contributed by atoms with Gasteiger partial charge in [-0.3, -0.25) is 0 Å². The van der Waals surface area contributed by atoms with E-state index in [2.05, 4.69) is 4.74 Å². The van der Waals surface area contributed by atoms with Gasteiger partial charge in [0.2, 0.25) is 0 Å². The number of hydrogen-bond acceptors (Lipinski definition) is 4. The Morgan fingerprint density at radius 1 is 1.21 bits per heavy atom. The van der Waals surface area contributed by atoms with Crippen LogP contribution in [0.1, 0.15) is 13.8 Å². The molecule has 2 N–H and O–H groups in total. The minimum atomic E-state index is -2.09. The molecular formula is C9H20O4Si. The van der Waals surface area contributed by atoms with Crippen LogP contribution in [0.15, 0.2) is 0 Å². The van der Waals surface area contributed by atoms with E-state index in [0.29, 0.717) is 0 Å². The number of ether oxygens (including phenoxy) is 1. The van der Waals surface area contributed by atoms with Crippen molar-refractivity contribution in [3.8, 4) is 0 Å². The molecule has 0 aliphatic heterocycles. The molecule has 0 radical (unpaired) electrons. The van der Waals surface area contributed by atoms with Crippen molar-refractivity contribution in [3.63, 3.8) is 0 Å². The fourth-order valence-corrected chi connectivity index (χ4v) is 2.69. The third-order valence-corrected chi connectivity index (χ3v) is 6.40. The molecule has 0 aliphatic carbocycles. The van der Waals surface area contributed by atoms with Gasteiger partial charge in [0.25, 0.3) is 0 Å². The molecule has 0 aromatic heterocycles. The molecule has 0 spiro atoms. The van der Waals surface area contributed by atoms with E-state index in [9.17, 15) is 15.0 Å². The first kappa shape index (κ1) is 13.6. The van der Waals surface area contributed by atoms with Crippen LogP contribution in [0, 0.1) is 0 Å². The summed E-state index contributed by atoms with van der Waals surface area (Å²) in [5.74, 6) is -0.801. The Kier molecular flexibility index (Phi) is 3.54. The van der Waals surface area contributed by atoms with Crippen molar-refractivity contribution in [2.45, 2.75) is 44.3 Å². The molecule has 2 atom stereocenters. The summed E-state index contributed by atoms with van der Waals surface area (Å²) in [5, 5.41) is 18.7. The summed E-state index contributed by atoms with van der Waals surface area (Å²) in [6, 6.07) is 0. The van der Waals surface area contributed by atoms with Gasteiger partial charge in [0.05, 0.1) is 20.4 Å². The van der Waals surface area contributed by atoms with E-state index in [1.54, 1.807) is 0 Å². The smallest absolute Gasteiger partial charge is 0.340 e. The Morgan fingerprint density at radius 2 is 1.57 bits per heavy atom. The van der Waals surface area contributed by atoms with E-state index < -0.39 is 24.9 Å². The van der Waals surface area contributed by atoms with E-state index >= 15 is 0 Å². The summed E-state index contributed by atoms with van der Waals surface area (Å²) >= 11 is 0. The van der Waals surface area contributed by atoms with Gasteiger partial charge in [-0.2, -0.15) is 0 Å². The molecule has 0 aliphatic rings. The van der Waals surface area contributed by atoms with Crippen molar-refractivity contribution in [2.75, 3.05) is 7.11 Å². The normalized spacial score (nSPS) is 20.9. The highest BCUT2D eigenvalue weighted by molar-refractivity contribution is 6.79. The van der Waals surface area contributed by atoms with Gasteiger partial charge >= 0.3 is 5.97 Å². The van der Waals surface area contributed by atoms with Crippen molar-refractivity contribution in [2.24, 2.45) is 0 Å². The minimum Gasteiger partial charge on any atom is -0.467 e. The highest BCUT2D eigenvalue weighted by atomic mass is 28.3. The summed E-state index contributed by atoms with van der Waals surface area (Å²) in [4.78, 5) is 11.3. The van der Waals surface area contributed by atoms with Crippen molar-refractivity contribution in [1.82, 2.24) is 0 Å². The Balaban J connectivity index is 5.18. The number of rotatable bonds is 3. The second-order valence-corrected chi connectivity index (χ2v) is 10.4. The maximum atomic E-state index is 11.3. The predicted octanol–water partition coefficient (Wildman–Crippen LogP) is 0.539. The lowest BCUT2D eigenvalue weighted by Crippen LogP contribution is -2.67. The second-order valence-electron chi connectivity index (χ2n) is 4.89. The molecule has 0 unspecified atom stereocenters. The molecule has 0 bridgehead atoms. The SMILES string of the molecule is COC(=O)[C@@](C)(O)[C@](C)(O)[Si](C)(C)C. The van der Waals surface area contributed by atoms with E-state index in [4.69, 9.17) is 0 Å². The zero-order valence-corrected chi connectivity index (χ0v) is 10.7.